The molecular formula is C13H19N3OS. The highest BCUT2D eigenvalue weighted by atomic mass is 32.1. The number of fused-ring (bicyclic) bond motifs is 1. The molecule has 0 aliphatic carbocycles. The van der Waals surface area contributed by atoms with Gasteiger partial charge < -0.3 is 10.4 Å². The van der Waals surface area contributed by atoms with Gasteiger partial charge in [0.2, 0.25) is 0 Å². The Hall–Kier alpha value is -1.20. The number of hydrogen-bond acceptors (Lipinski definition) is 5. The van der Waals surface area contributed by atoms with Crippen LogP contribution in [0.4, 0.5) is 5.82 Å². The van der Waals surface area contributed by atoms with E-state index in [0.29, 0.717) is 12.5 Å². The Balaban J connectivity index is 2.08. The van der Waals surface area contributed by atoms with Crippen LogP contribution in [0.3, 0.4) is 0 Å². The third-order valence-corrected chi connectivity index (χ3v) is 3.64. The number of aromatic nitrogens is 2. The van der Waals surface area contributed by atoms with Crippen molar-refractivity contribution in [2.45, 2.75) is 32.8 Å². The van der Waals surface area contributed by atoms with Crippen molar-refractivity contribution in [2.75, 3.05) is 11.9 Å². The van der Waals surface area contributed by atoms with Crippen LogP contribution in [0.2, 0.25) is 0 Å². The summed E-state index contributed by atoms with van der Waals surface area (Å²) >= 11 is 1.61. The number of rotatable bonds is 5. The van der Waals surface area contributed by atoms with E-state index in [9.17, 15) is 5.11 Å². The topological polar surface area (TPSA) is 58.0 Å². The molecule has 0 bridgehead atoms. The molecule has 0 fully saturated rings. The van der Waals surface area contributed by atoms with Crippen LogP contribution in [0, 0.1) is 5.92 Å². The molecule has 0 amide bonds. The van der Waals surface area contributed by atoms with Gasteiger partial charge in [0.1, 0.15) is 12.1 Å². The fourth-order valence-corrected chi connectivity index (χ4v) is 2.95. The van der Waals surface area contributed by atoms with E-state index in [2.05, 4.69) is 29.1 Å². The summed E-state index contributed by atoms with van der Waals surface area (Å²) in [6.07, 6.45) is 2.31. The van der Waals surface area contributed by atoms with Crippen LogP contribution in [0.5, 0.6) is 0 Å². The van der Waals surface area contributed by atoms with Gasteiger partial charge in [-0.15, -0.1) is 11.3 Å². The quantitative estimate of drug-likeness (QED) is 0.872. The van der Waals surface area contributed by atoms with Gasteiger partial charge in [-0.2, -0.15) is 0 Å². The van der Waals surface area contributed by atoms with Crippen molar-refractivity contribution >= 4 is 27.4 Å². The van der Waals surface area contributed by atoms with Crippen molar-refractivity contribution in [1.29, 1.82) is 0 Å². The molecular weight excluding hydrogens is 246 g/mol. The third-order valence-electron chi connectivity index (χ3n) is 2.73. The highest BCUT2D eigenvalue weighted by molar-refractivity contribution is 7.17. The van der Waals surface area contributed by atoms with Crippen molar-refractivity contribution in [3.63, 3.8) is 0 Å². The summed E-state index contributed by atoms with van der Waals surface area (Å²) in [7, 11) is 0. The van der Waals surface area contributed by atoms with Gasteiger partial charge in [-0.25, -0.2) is 9.97 Å². The number of aliphatic hydroxyl groups is 1. The summed E-state index contributed by atoms with van der Waals surface area (Å²) in [6, 6.07) is 1.97. The normalized spacial score (nSPS) is 14.9. The number of nitrogens with zero attached hydrogens (tertiary/aromatic N) is 2. The zero-order valence-corrected chi connectivity index (χ0v) is 11.8. The van der Waals surface area contributed by atoms with E-state index < -0.39 is 5.60 Å². The Kier molecular flexibility index (Phi) is 3.82. The van der Waals surface area contributed by atoms with Gasteiger partial charge in [0, 0.05) is 6.54 Å². The maximum atomic E-state index is 10.3. The predicted molar refractivity (Wildman–Crippen MR) is 76.0 cm³/mol. The molecule has 1 atom stereocenters. The zero-order chi connectivity index (χ0) is 13.2. The molecule has 2 aromatic heterocycles. The van der Waals surface area contributed by atoms with E-state index in [4.69, 9.17) is 0 Å². The van der Waals surface area contributed by atoms with Crippen LogP contribution in [-0.2, 0) is 0 Å². The molecule has 2 N–H and O–H groups in total. The molecule has 98 valence electrons. The van der Waals surface area contributed by atoms with E-state index in [1.165, 1.54) is 0 Å². The van der Waals surface area contributed by atoms with E-state index in [1.807, 2.05) is 18.4 Å². The van der Waals surface area contributed by atoms with Crippen LogP contribution in [-0.4, -0.2) is 27.2 Å². The average molecular weight is 265 g/mol. The minimum absolute atomic E-state index is 0.467. The Labute approximate surface area is 111 Å². The number of anilines is 1. The molecule has 0 aromatic carbocycles. The zero-order valence-electron chi connectivity index (χ0n) is 11.0. The fraction of sp³-hybridized carbons (Fsp3) is 0.538. The molecule has 18 heavy (non-hydrogen) atoms. The Morgan fingerprint density at radius 1 is 1.44 bits per heavy atom. The van der Waals surface area contributed by atoms with Gasteiger partial charge >= 0.3 is 0 Å². The van der Waals surface area contributed by atoms with Gasteiger partial charge in [0.15, 0.2) is 0 Å². The van der Waals surface area contributed by atoms with Crippen LogP contribution in [0.25, 0.3) is 10.2 Å². The van der Waals surface area contributed by atoms with Crippen LogP contribution in [0.1, 0.15) is 27.2 Å². The monoisotopic (exact) mass is 265 g/mol. The maximum absolute atomic E-state index is 10.3. The lowest BCUT2D eigenvalue weighted by molar-refractivity contribution is 0.0515. The first-order valence-electron chi connectivity index (χ1n) is 6.12. The first-order valence-corrected chi connectivity index (χ1v) is 7.00. The average Bonchev–Trinajstić information content (AvgIpc) is 2.72. The summed E-state index contributed by atoms with van der Waals surface area (Å²) in [5.74, 6) is 1.27. The Morgan fingerprint density at radius 2 is 2.22 bits per heavy atom. The van der Waals surface area contributed by atoms with E-state index in [-0.39, 0.29) is 0 Å². The predicted octanol–water partition coefficient (Wildman–Crippen LogP) is 2.90. The van der Waals surface area contributed by atoms with Gasteiger partial charge in [-0.05, 0) is 30.7 Å². The lowest BCUT2D eigenvalue weighted by Crippen LogP contribution is -2.35. The summed E-state index contributed by atoms with van der Waals surface area (Å²) in [5.41, 5.74) is 0.226. The summed E-state index contributed by atoms with van der Waals surface area (Å²) < 4.78 is 1.04. The number of nitrogens with one attached hydrogen (secondary N) is 1. The second kappa shape index (κ2) is 5.20. The lowest BCUT2D eigenvalue weighted by atomic mass is 9.94. The van der Waals surface area contributed by atoms with Crippen LogP contribution in [0.15, 0.2) is 17.8 Å². The molecule has 5 heteroatoms. The van der Waals surface area contributed by atoms with Crippen LogP contribution < -0.4 is 5.32 Å². The molecule has 0 radical (unpaired) electrons. The molecule has 2 rings (SSSR count). The molecule has 2 aromatic rings. The molecule has 0 spiro atoms. The van der Waals surface area contributed by atoms with Gasteiger partial charge in [-0.3, -0.25) is 0 Å². The van der Waals surface area contributed by atoms with E-state index in [0.717, 1.165) is 22.5 Å². The SMILES string of the molecule is CC(C)CC(C)(O)CNc1ncnc2ccsc12. The second-order valence-electron chi connectivity index (χ2n) is 5.31. The van der Waals surface area contributed by atoms with E-state index in [1.54, 1.807) is 17.7 Å². The summed E-state index contributed by atoms with van der Waals surface area (Å²) in [4.78, 5) is 8.43. The number of thiophene rings is 1. The van der Waals surface area contributed by atoms with Crippen molar-refractivity contribution in [1.82, 2.24) is 9.97 Å². The molecule has 4 nitrogen and oxygen atoms in total. The number of hydrogen-bond donors (Lipinski definition) is 2. The molecule has 2 heterocycles. The van der Waals surface area contributed by atoms with Crippen molar-refractivity contribution in [3.05, 3.63) is 17.8 Å². The van der Waals surface area contributed by atoms with Crippen molar-refractivity contribution in [3.8, 4) is 0 Å². The summed E-state index contributed by atoms with van der Waals surface area (Å²) in [6.45, 7) is 6.56. The second-order valence-corrected chi connectivity index (χ2v) is 6.22. The Bertz CT molecular complexity index is 522. The van der Waals surface area contributed by atoms with Crippen molar-refractivity contribution in [2.24, 2.45) is 5.92 Å². The highest BCUT2D eigenvalue weighted by Crippen LogP contribution is 2.25. The minimum atomic E-state index is -0.720. The van der Waals surface area contributed by atoms with Gasteiger partial charge in [0.25, 0.3) is 0 Å². The third kappa shape index (κ3) is 3.17. The minimum Gasteiger partial charge on any atom is -0.388 e. The van der Waals surface area contributed by atoms with Gasteiger partial charge in [0.05, 0.1) is 15.8 Å². The first kappa shape index (κ1) is 13.2. The van der Waals surface area contributed by atoms with E-state index >= 15 is 0 Å². The van der Waals surface area contributed by atoms with Gasteiger partial charge in [-0.1, -0.05) is 13.8 Å². The Morgan fingerprint density at radius 3 is 2.94 bits per heavy atom. The fourth-order valence-electron chi connectivity index (χ4n) is 2.14. The molecule has 0 saturated heterocycles. The largest absolute Gasteiger partial charge is 0.388 e. The molecule has 0 aliphatic heterocycles. The lowest BCUT2D eigenvalue weighted by Gasteiger charge is -2.25. The maximum Gasteiger partial charge on any atom is 0.147 e. The smallest absolute Gasteiger partial charge is 0.147 e. The molecule has 0 saturated carbocycles. The summed E-state index contributed by atoms with van der Waals surface area (Å²) in [5, 5.41) is 15.5. The molecule has 0 aliphatic rings. The standard InChI is InChI=1S/C13H19N3OS/c1-9(2)6-13(3,17)7-14-12-11-10(4-5-18-11)15-8-16-12/h4-5,8-9,17H,6-7H2,1-3H3,(H,14,15,16). The molecule has 1 unspecified atom stereocenters. The van der Waals surface area contributed by atoms with Crippen molar-refractivity contribution < 1.29 is 5.11 Å². The first-order chi connectivity index (χ1) is 8.48. The van der Waals surface area contributed by atoms with Crippen LogP contribution >= 0.6 is 11.3 Å². The highest BCUT2D eigenvalue weighted by Gasteiger charge is 2.22.